The Morgan fingerprint density at radius 3 is 2.46 bits per heavy atom. The van der Waals surface area contributed by atoms with Crippen molar-refractivity contribution >= 4 is 17.5 Å². The number of amides is 2. The first-order chi connectivity index (χ1) is 16.9. The zero-order valence-electron chi connectivity index (χ0n) is 20.8. The minimum Gasteiger partial charge on any atom is -0.339 e. The lowest BCUT2D eigenvalue weighted by Crippen LogP contribution is -2.50. The summed E-state index contributed by atoms with van der Waals surface area (Å²) in [6.07, 6.45) is 7.77. The highest BCUT2D eigenvalue weighted by Gasteiger charge is 2.48. The van der Waals surface area contributed by atoms with Crippen LogP contribution in [0.15, 0.2) is 24.5 Å². The number of nitrogens with one attached hydrogen (secondary N) is 3. The smallest absolute Gasteiger partial charge is 0.270 e. The van der Waals surface area contributed by atoms with Crippen LogP contribution in [0.2, 0.25) is 0 Å². The lowest BCUT2D eigenvalue weighted by Gasteiger charge is -2.27. The first-order valence-electron chi connectivity index (χ1n) is 12.5. The van der Waals surface area contributed by atoms with E-state index in [1.807, 2.05) is 33.8 Å². The molecule has 9 heteroatoms. The van der Waals surface area contributed by atoms with E-state index in [1.54, 1.807) is 23.1 Å². The van der Waals surface area contributed by atoms with Gasteiger partial charge in [0.2, 0.25) is 5.91 Å². The Morgan fingerprint density at radius 2 is 1.89 bits per heavy atom. The quantitative estimate of drug-likeness (QED) is 0.435. The van der Waals surface area contributed by atoms with Gasteiger partial charge in [-0.2, -0.15) is 10.2 Å². The lowest BCUT2D eigenvalue weighted by molar-refractivity contribution is -0.119. The van der Waals surface area contributed by atoms with Crippen molar-refractivity contribution in [3.63, 3.8) is 0 Å². The summed E-state index contributed by atoms with van der Waals surface area (Å²) in [4.78, 5) is 31.4. The van der Waals surface area contributed by atoms with Crippen LogP contribution in [0.5, 0.6) is 0 Å². The lowest BCUT2D eigenvalue weighted by atomic mass is 9.88. The van der Waals surface area contributed by atoms with Gasteiger partial charge in [0.15, 0.2) is 0 Å². The molecule has 2 amide bonds. The molecule has 0 aliphatic heterocycles. The Labute approximate surface area is 205 Å². The molecule has 2 saturated carbocycles. The van der Waals surface area contributed by atoms with Crippen LogP contribution in [0.25, 0.3) is 11.3 Å². The number of carbonyl (C=O) groups excluding carboxylic acids is 2. The highest BCUT2D eigenvalue weighted by atomic mass is 16.2. The number of aromatic amines is 1. The number of aryl methyl sites for hydroxylation is 4. The van der Waals surface area contributed by atoms with Gasteiger partial charge in [-0.25, -0.2) is 0 Å². The third-order valence-electron chi connectivity index (χ3n) is 7.25. The minimum absolute atomic E-state index is 0.154. The predicted octanol–water partition coefficient (Wildman–Crippen LogP) is 3.79. The van der Waals surface area contributed by atoms with Gasteiger partial charge in [-0.1, -0.05) is 0 Å². The zero-order valence-corrected chi connectivity index (χ0v) is 20.8. The van der Waals surface area contributed by atoms with Crippen LogP contribution >= 0.6 is 0 Å². The van der Waals surface area contributed by atoms with Gasteiger partial charge >= 0.3 is 0 Å². The Hall–Kier alpha value is -3.49. The summed E-state index contributed by atoms with van der Waals surface area (Å²) < 4.78 is 1.65. The summed E-state index contributed by atoms with van der Waals surface area (Å²) in [5.41, 5.74) is 5.73. The number of hydrogen-bond donors (Lipinski definition) is 3. The molecule has 184 valence electrons. The molecule has 9 nitrogen and oxygen atoms in total. The van der Waals surface area contributed by atoms with E-state index in [2.05, 4.69) is 30.9 Å². The zero-order chi connectivity index (χ0) is 24.7. The summed E-state index contributed by atoms with van der Waals surface area (Å²) in [6, 6.07) is 3.03. The number of hydrogen-bond acceptors (Lipinski definition) is 5. The van der Waals surface area contributed by atoms with Crippen molar-refractivity contribution in [1.29, 1.82) is 0 Å². The van der Waals surface area contributed by atoms with Crippen molar-refractivity contribution in [2.45, 2.75) is 66.0 Å². The summed E-state index contributed by atoms with van der Waals surface area (Å²) in [7, 11) is 0. The Bertz CT molecular complexity index is 1220. The summed E-state index contributed by atoms with van der Waals surface area (Å²) >= 11 is 0. The van der Waals surface area contributed by atoms with Gasteiger partial charge < -0.3 is 10.6 Å². The van der Waals surface area contributed by atoms with E-state index in [1.165, 1.54) is 0 Å². The monoisotopic (exact) mass is 475 g/mol. The molecule has 5 rings (SSSR count). The second-order valence-electron chi connectivity index (χ2n) is 9.92. The van der Waals surface area contributed by atoms with Crippen LogP contribution in [-0.2, 0) is 11.3 Å². The molecule has 0 saturated heterocycles. The Morgan fingerprint density at radius 1 is 1.17 bits per heavy atom. The van der Waals surface area contributed by atoms with E-state index in [0.717, 1.165) is 53.9 Å². The second-order valence-corrected chi connectivity index (χ2v) is 9.92. The van der Waals surface area contributed by atoms with Crippen molar-refractivity contribution in [2.24, 2.45) is 17.8 Å². The van der Waals surface area contributed by atoms with E-state index < -0.39 is 6.04 Å². The largest absolute Gasteiger partial charge is 0.339 e. The molecule has 1 atom stereocenters. The second kappa shape index (κ2) is 9.28. The van der Waals surface area contributed by atoms with E-state index in [4.69, 9.17) is 0 Å². The third kappa shape index (κ3) is 4.72. The van der Waals surface area contributed by atoms with Crippen LogP contribution in [0.3, 0.4) is 0 Å². The normalized spacial score (nSPS) is 16.4. The van der Waals surface area contributed by atoms with E-state index in [9.17, 15) is 9.59 Å². The van der Waals surface area contributed by atoms with Crippen LogP contribution in [0.1, 0.15) is 60.0 Å². The Balaban J connectivity index is 1.38. The predicted molar refractivity (Wildman–Crippen MR) is 133 cm³/mol. The fraction of sp³-hybridized carbons (Fsp3) is 0.500. The summed E-state index contributed by atoms with van der Waals surface area (Å²) in [5.74, 6) is 0.690. The maximum Gasteiger partial charge on any atom is 0.270 e. The molecule has 2 aliphatic rings. The van der Waals surface area contributed by atoms with E-state index in [0.29, 0.717) is 29.8 Å². The molecule has 2 aliphatic carbocycles. The Kier molecular flexibility index (Phi) is 6.17. The highest BCUT2D eigenvalue weighted by molar-refractivity contribution is 6.00. The number of carbonyl (C=O) groups is 2. The average molecular weight is 476 g/mol. The van der Waals surface area contributed by atoms with Crippen molar-refractivity contribution in [2.75, 3.05) is 5.32 Å². The van der Waals surface area contributed by atoms with Crippen molar-refractivity contribution in [3.8, 4) is 11.3 Å². The fourth-order valence-corrected chi connectivity index (χ4v) is 5.25. The summed E-state index contributed by atoms with van der Waals surface area (Å²) in [6.45, 7) is 8.43. The number of nitrogens with zero attached hydrogens (tertiary/aromatic N) is 4. The SMILES string of the molecule is CCn1nccc1C(=O)NC(C(=O)Nc1cnc(-c2c(C)n[nH]c2C)c(C)c1)C(C1CC1)C1CC1. The molecule has 1 unspecified atom stereocenters. The third-order valence-corrected chi connectivity index (χ3v) is 7.25. The van der Waals surface area contributed by atoms with Crippen LogP contribution < -0.4 is 10.6 Å². The van der Waals surface area contributed by atoms with Gasteiger partial charge in [0.1, 0.15) is 11.7 Å². The van der Waals surface area contributed by atoms with Crippen LogP contribution in [0.4, 0.5) is 5.69 Å². The van der Waals surface area contributed by atoms with Gasteiger partial charge in [-0.15, -0.1) is 0 Å². The molecule has 0 aromatic carbocycles. The molecule has 0 spiro atoms. The van der Waals surface area contributed by atoms with Gasteiger partial charge in [0, 0.05) is 24.0 Å². The molecule has 3 aromatic rings. The molecule has 35 heavy (non-hydrogen) atoms. The molecule has 3 heterocycles. The highest BCUT2D eigenvalue weighted by Crippen LogP contribution is 2.51. The van der Waals surface area contributed by atoms with Crippen LogP contribution in [-0.4, -0.2) is 42.8 Å². The molecule has 0 bridgehead atoms. The number of H-pyrrole nitrogens is 1. The maximum absolute atomic E-state index is 13.6. The standard InChI is InChI=1S/C26H33N7O2/c1-5-33-20(10-11-28-33)25(34)30-24(22(17-6-7-17)18-8-9-18)26(35)29-19-12-14(2)23(27-13-19)21-15(3)31-32-16(21)4/h10-13,17-18,22,24H,5-9H2,1-4H3,(H,29,35)(H,30,34)(H,31,32). The molecule has 0 radical (unpaired) electrons. The number of pyridine rings is 1. The van der Waals surface area contributed by atoms with Crippen molar-refractivity contribution < 1.29 is 9.59 Å². The van der Waals surface area contributed by atoms with Gasteiger partial charge in [0.25, 0.3) is 5.91 Å². The summed E-state index contributed by atoms with van der Waals surface area (Å²) in [5, 5.41) is 17.6. The van der Waals surface area contributed by atoms with Crippen LogP contribution in [0, 0.1) is 38.5 Å². The first-order valence-corrected chi connectivity index (χ1v) is 12.5. The molecule has 2 fully saturated rings. The fourth-order valence-electron chi connectivity index (χ4n) is 5.25. The van der Waals surface area contributed by atoms with Gasteiger partial charge in [-0.05, 0) is 88.8 Å². The average Bonchev–Trinajstić information content (AvgIpc) is 3.76. The van der Waals surface area contributed by atoms with E-state index in [-0.39, 0.29) is 17.7 Å². The van der Waals surface area contributed by atoms with E-state index >= 15 is 0 Å². The van der Waals surface area contributed by atoms with Crippen molar-refractivity contribution in [3.05, 3.63) is 47.2 Å². The molecule has 3 aromatic heterocycles. The minimum atomic E-state index is -0.596. The molecule has 3 N–H and O–H groups in total. The number of rotatable bonds is 9. The number of aromatic nitrogens is 5. The van der Waals surface area contributed by atoms with Crippen molar-refractivity contribution in [1.82, 2.24) is 30.3 Å². The topological polar surface area (TPSA) is 118 Å². The van der Waals surface area contributed by atoms with Gasteiger partial charge in [0.05, 0.1) is 23.3 Å². The molecular formula is C26H33N7O2. The maximum atomic E-state index is 13.6. The molecular weight excluding hydrogens is 442 g/mol. The van der Waals surface area contributed by atoms with Gasteiger partial charge in [-0.3, -0.25) is 24.4 Å². The number of anilines is 1. The first kappa shape index (κ1) is 23.3.